The van der Waals surface area contributed by atoms with Gasteiger partial charge in [0.15, 0.2) is 0 Å². The number of carbonyl (C=O) groups is 1. The van der Waals surface area contributed by atoms with Gasteiger partial charge in [-0.15, -0.1) is 0 Å². The van der Waals surface area contributed by atoms with E-state index in [0.29, 0.717) is 5.56 Å². The summed E-state index contributed by atoms with van der Waals surface area (Å²) >= 11 is 0. The molecule has 120 valence electrons. The Morgan fingerprint density at radius 2 is 1.87 bits per heavy atom. The molecule has 0 aromatic heterocycles. The van der Waals surface area contributed by atoms with Gasteiger partial charge in [0.05, 0.1) is 7.11 Å². The fraction of sp³-hybridized carbons (Fsp3) is 0.211. The van der Waals surface area contributed by atoms with Crippen molar-refractivity contribution in [2.24, 2.45) is 0 Å². The maximum absolute atomic E-state index is 13.5. The van der Waals surface area contributed by atoms with Gasteiger partial charge < -0.3 is 10.1 Å². The van der Waals surface area contributed by atoms with Crippen LogP contribution in [0.5, 0.6) is 5.75 Å². The van der Waals surface area contributed by atoms with Crippen molar-refractivity contribution in [1.82, 2.24) is 5.32 Å². The zero-order valence-electron chi connectivity index (χ0n) is 13.5. The average molecular weight is 313 g/mol. The smallest absolute Gasteiger partial charge is 0.244 e. The molecule has 1 N–H and O–H groups in total. The van der Waals surface area contributed by atoms with Gasteiger partial charge >= 0.3 is 0 Å². The lowest BCUT2D eigenvalue weighted by molar-refractivity contribution is -0.116. The van der Waals surface area contributed by atoms with E-state index in [0.717, 1.165) is 22.4 Å². The second-order valence-corrected chi connectivity index (χ2v) is 5.32. The quantitative estimate of drug-likeness (QED) is 0.853. The van der Waals surface area contributed by atoms with Crippen molar-refractivity contribution in [3.05, 3.63) is 70.5 Å². The van der Waals surface area contributed by atoms with E-state index in [2.05, 4.69) is 5.32 Å². The summed E-state index contributed by atoms with van der Waals surface area (Å²) in [4.78, 5) is 11.9. The number of amides is 1. The predicted octanol–water partition coefficient (Wildman–Crippen LogP) is 3.78. The molecular formula is C19H20FNO2. The van der Waals surface area contributed by atoms with Gasteiger partial charge in [-0.05, 0) is 54.8 Å². The molecule has 0 fully saturated rings. The molecule has 2 aromatic rings. The molecule has 0 aliphatic carbocycles. The number of hydrogen-bond acceptors (Lipinski definition) is 2. The molecule has 0 saturated carbocycles. The highest BCUT2D eigenvalue weighted by atomic mass is 19.1. The lowest BCUT2D eigenvalue weighted by Crippen LogP contribution is -2.20. The summed E-state index contributed by atoms with van der Waals surface area (Å²) in [6, 6.07) is 10.2. The molecule has 0 spiro atoms. The van der Waals surface area contributed by atoms with Crippen LogP contribution in [0.2, 0.25) is 0 Å². The first-order chi connectivity index (χ1) is 11.0. The van der Waals surface area contributed by atoms with Crippen LogP contribution in [0.25, 0.3) is 6.08 Å². The van der Waals surface area contributed by atoms with E-state index >= 15 is 0 Å². The third-order valence-electron chi connectivity index (χ3n) is 3.62. The molecule has 0 atom stereocenters. The third kappa shape index (κ3) is 4.42. The topological polar surface area (TPSA) is 38.3 Å². The van der Waals surface area contributed by atoms with Gasteiger partial charge in [-0.25, -0.2) is 4.39 Å². The van der Waals surface area contributed by atoms with Crippen LogP contribution in [0.3, 0.4) is 0 Å². The number of rotatable bonds is 5. The lowest BCUT2D eigenvalue weighted by atomic mass is 10.0. The largest absolute Gasteiger partial charge is 0.497 e. The Morgan fingerprint density at radius 1 is 1.22 bits per heavy atom. The maximum atomic E-state index is 13.5. The van der Waals surface area contributed by atoms with Crippen molar-refractivity contribution >= 4 is 12.0 Å². The Morgan fingerprint density at radius 3 is 2.48 bits per heavy atom. The number of carbonyl (C=O) groups excluding carboxylic acids is 1. The summed E-state index contributed by atoms with van der Waals surface area (Å²) in [5.41, 5.74) is 3.50. The van der Waals surface area contributed by atoms with Gasteiger partial charge in [-0.1, -0.05) is 18.2 Å². The number of hydrogen-bond donors (Lipinski definition) is 1. The maximum Gasteiger partial charge on any atom is 0.244 e. The Kier molecular flexibility index (Phi) is 5.52. The van der Waals surface area contributed by atoms with Gasteiger partial charge in [0.25, 0.3) is 0 Å². The van der Waals surface area contributed by atoms with Crippen molar-refractivity contribution < 1.29 is 13.9 Å². The number of nitrogens with one attached hydrogen (secondary N) is 1. The van der Waals surface area contributed by atoms with E-state index in [1.165, 1.54) is 12.1 Å². The van der Waals surface area contributed by atoms with Crippen molar-refractivity contribution in [3.63, 3.8) is 0 Å². The Bertz CT molecular complexity index is 715. The summed E-state index contributed by atoms with van der Waals surface area (Å²) in [6.07, 6.45) is 3.23. The first-order valence-electron chi connectivity index (χ1n) is 7.36. The number of benzene rings is 2. The average Bonchev–Trinajstić information content (AvgIpc) is 2.53. The van der Waals surface area contributed by atoms with E-state index in [-0.39, 0.29) is 18.3 Å². The second-order valence-electron chi connectivity index (χ2n) is 5.32. The second kappa shape index (κ2) is 7.58. The van der Waals surface area contributed by atoms with Gasteiger partial charge in [-0.2, -0.15) is 0 Å². The highest BCUT2D eigenvalue weighted by molar-refractivity contribution is 5.92. The summed E-state index contributed by atoms with van der Waals surface area (Å²) in [6.45, 7) is 4.09. The van der Waals surface area contributed by atoms with E-state index < -0.39 is 0 Å². The Labute approximate surface area is 135 Å². The molecule has 2 aromatic carbocycles. The van der Waals surface area contributed by atoms with Crippen molar-refractivity contribution in [2.45, 2.75) is 20.4 Å². The van der Waals surface area contributed by atoms with Gasteiger partial charge in [-0.3, -0.25) is 4.79 Å². The summed E-state index contributed by atoms with van der Waals surface area (Å²) in [5.74, 6) is 0.211. The SMILES string of the molecule is COc1cc(C)c(/C=C/C(=O)NCc2ccccc2F)c(C)c1. The lowest BCUT2D eigenvalue weighted by Gasteiger charge is -2.09. The molecule has 0 bridgehead atoms. The fourth-order valence-electron chi connectivity index (χ4n) is 2.36. The Hall–Kier alpha value is -2.62. The van der Waals surface area contributed by atoms with Gasteiger partial charge in [0.1, 0.15) is 11.6 Å². The molecule has 0 aliphatic rings. The monoisotopic (exact) mass is 313 g/mol. The number of aryl methyl sites for hydroxylation is 2. The predicted molar refractivity (Wildman–Crippen MR) is 89.7 cm³/mol. The summed E-state index contributed by atoms with van der Waals surface area (Å²) in [7, 11) is 1.62. The van der Waals surface area contributed by atoms with Crippen LogP contribution >= 0.6 is 0 Å². The van der Waals surface area contributed by atoms with E-state index in [1.807, 2.05) is 26.0 Å². The normalized spacial score (nSPS) is 10.8. The number of methoxy groups -OCH3 is 1. The zero-order valence-corrected chi connectivity index (χ0v) is 13.5. The van der Waals surface area contributed by atoms with Crippen LogP contribution in [-0.2, 0) is 11.3 Å². The van der Waals surface area contributed by atoms with Crippen LogP contribution in [0.4, 0.5) is 4.39 Å². The highest BCUT2D eigenvalue weighted by Gasteiger charge is 2.05. The van der Waals surface area contributed by atoms with Crippen LogP contribution in [-0.4, -0.2) is 13.0 Å². The van der Waals surface area contributed by atoms with Crippen molar-refractivity contribution in [3.8, 4) is 5.75 Å². The van der Waals surface area contributed by atoms with Gasteiger partial charge in [0, 0.05) is 18.2 Å². The first-order valence-corrected chi connectivity index (χ1v) is 7.36. The van der Waals surface area contributed by atoms with E-state index in [4.69, 9.17) is 4.74 Å². The van der Waals surface area contributed by atoms with Crippen LogP contribution < -0.4 is 10.1 Å². The molecule has 0 radical (unpaired) electrons. The molecule has 0 aliphatic heterocycles. The van der Waals surface area contributed by atoms with E-state index in [1.54, 1.807) is 31.4 Å². The van der Waals surface area contributed by atoms with Crippen LogP contribution in [0, 0.1) is 19.7 Å². The molecule has 3 nitrogen and oxygen atoms in total. The van der Waals surface area contributed by atoms with E-state index in [9.17, 15) is 9.18 Å². The highest BCUT2D eigenvalue weighted by Crippen LogP contribution is 2.22. The summed E-state index contributed by atoms with van der Waals surface area (Å²) in [5, 5.41) is 2.68. The van der Waals surface area contributed by atoms with Crippen molar-refractivity contribution in [1.29, 1.82) is 0 Å². The molecule has 2 rings (SSSR count). The third-order valence-corrected chi connectivity index (χ3v) is 3.62. The number of ether oxygens (including phenoxy) is 1. The molecule has 1 amide bonds. The molecule has 4 heteroatoms. The van der Waals surface area contributed by atoms with Crippen LogP contribution in [0.15, 0.2) is 42.5 Å². The minimum Gasteiger partial charge on any atom is -0.497 e. The molecule has 23 heavy (non-hydrogen) atoms. The molecule has 0 saturated heterocycles. The van der Waals surface area contributed by atoms with Crippen molar-refractivity contribution in [2.75, 3.05) is 7.11 Å². The minimum atomic E-state index is -0.321. The Balaban J connectivity index is 2.03. The van der Waals surface area contributed by atoms with Gasteiger partial charge in [0.2, 0.25) is 5.91 Å². The minimum absolute atomic E-state index is 0.163. The van der Waals surface area contributed by atoms with Crippen LogP contribution in [0.1, 0.15) is 22.3 Å². The molecule has 0 heterocycles. The number of halogens is 1. The fourth-order valence-corrected chi connectivity index (χ4v) is 2.36. The molecular weight excluding hydrogens is 293 g/mol. The summed E-state index contributed by atoms with van der Waals surface area (Å²) < 4.78 is 18.7. The zero-order chi connectivity index (χ0) is 16.8. The standard InChI is InChI=1S/C19H20FNO2/c1-13-10-16(23-3)11-14(2)17(13)8-9-19(22)21-12-15-6-4-5-7-18(15)20/h4-11H,12H2,1-3H3,(H,21,22)/b9-8+. The molecule has 0 unspecified atom stereocenters. The first kappa shape index (κ1) is 16.7.